The SMILES string of the molecule is [CH3][Al][c]1c[c]([Al])n[c]([Al][CH3])n1. The van der Waals surface area contributed by atoms with Gasteiger partial charge in [0.1, 0.15) is 0 Å². The van der Waals surface area contributed by atoms with Crippen molar-refractivity contribution in [2.24, 2.45) is 0 Å². The van der Waals surface area contributed by atoms with Gasteiger partial charge in [0.2, 0.25) is 16.3 Å². The smallest absolute Gasteiger partial charge is 0.280 e. The molecule has 2 nitrogen and oxygen atoms in total. The Morgan fingerprint density at radius 1 is 1.27 bits per heavy atom. The Morgan fingerprint density at radius 3 is 2.55 bits per heavy atom. The molecule has 0 saturated heterocycles. The molecule has 50 valence electrons. The van der Waals surface area contributed by atoms with E-state index in [4.69, 9.17) is 0 Å². The van der Waals surface area contributed by atoms with E-state index in [9.17, 15) is 0 Å². The Balaban J connectivity index is 3.02. The molecule has 0 aliphatic heterocycles. The van der Waals surface area contributed by atoms with Crippen molar-refractivity contribution in [3.05, 3.63) is 6.07 Å². The molecule has 11 heavy (non-hydrogen) atoms. The van der Waals surface area contributed by atoms with Gasteiger partial charge in [-0.3, -0.25) is 9.97 Å². The van der Waals surface area contributed by atoms with Crippen LogP contribution in [0.5, 0.6) is 0 Å². The van der Waals surface area contributed by atoms with Crippen molar-refractivity contribution in [1.82, 2.24) is 9.97 Å². The molecule has 1 aromatic heterocycles. The van der Waals surface area contributed by atoms with Gasteiger partial charge in [0.15, 0.2) is 0 Å². The van der Waals surface area contributed by atoms with Crippen LogP contribution in [-0.4, -0.2) is 56.7 Å². The van der Waals surface area contributed by atoms with Crippen molar-refractivity contribution in [2.45, 2.75) is 11.6 Å². The minimum atomic E-state index is 0.260. The van der Waals surface area contributed by atoms with Gasteiger partial charge in [-0.1, -0.05) is 10.6 Å². The van der Waals surface area contributed by atoms with Crippen LogP contribution >= 0.6 is 0 Å². The van der Waals surface area contributed by atoms with Gasteiger partial charge in [-0.05, 0) is 4.56 Å². The second-order valence-electron chi connectivity index (χ2n) is 2.15. The summed E-state index contributed by atoms with van der Waals surface area (Å²) in [5, 5.41) is 0. The maximum absolute atomic E-state index is 4.42. The molecular formula is C6H7Al3N2. The predicted octanol–water partition coefficient (Wildman–Crippen LogP) is -1.97. The molecule has 0 unspecified atom stereocenters. The first-order chi connectivity index (χ1) is 5.26. The second kappa shape index (κ2) is 4.64. The van der Waals surface area contributed by atoms with E-state index in [2.05, 4.69) is 43.9 Å². The van der Waals surface area contributed by atoms with E-state index in [0.717, 1.165) is 9.24 Å². The van der Waals surface area contributed by atoms with Crippen LogP contribution in [0.4, 0.5) is 0 Å². The fourth-order valence-corrected chi connectivity index (χ4v) is 2.73. The largest absolute Gasteiger partial charge is 0.312 e. The summed E-state index contributed by atoms with van der Waals surface area (Å²) in [5.74, 6) is 4.36. The predicted molar refractivity (Wildman–Crippen MR) is 49.9 cm³/mol. The van der Waals surface area contributed by atoms with Gasteiger partial charge in [-0.25, -0.2) is 0 Å². The Bertz CT molecular complexity index is 229. The highest BCUT2D eigenvalue weighted by Crippen LogP contribution is 1.65. The number of rotatable bonds is 2. The quantitative estimate of drug-likeness (QED) is 0.503. The molecule has 0 aliphatic carbocycles. The molecule has 0 bridgehead atoms. The lowest BCUT2D eigenvalue weighted by molar-refractivity contribution is 1.30. The lowest BCUT2D eigenvalue weighted by Crippen LogP contribution is -2.36. The standard InChI is InChI=1S/C4HN2.2CH3.3Al/c1-2-5-4-6-3-1;;;;;/h1H;2*1H3;;;. The highest BCUT2D eigenvalue weighted by atomic mass is 27.1. The fourth-order valence-electron chi connectivity index (χ4n) is 0.783. The van der Waals surface area contributed by atoms with Crippen LogP contribution < -0.4 is 13.8 Å². The van der Waals surface area contributed by atoms with Crippen LogP contribution in [0.25, 0.3) is 0 Å². The molecule has 0 atom stereocenters. The number of nitrogens with zero attached hydrogens (tertiary/aromatic N) is 2. The van der Waals surface area contributed by atoms with Gasteiger partial charge in [-0.2, -0.15) is 0 Å². The van der Waals surface area contributed by atoms with E-state index in [1.165, 1.54) is 4.56 Å². The highest BCUT2D eigenvalue weighted by Gasteiger charge is 1.98. The van der Waals surface area contributed by atoms with Crippen molar-refractivity contribution in [1.29, 1.82) is 0 Å². The Morgan fingerprint density at radius 2 is 2.00 bits per heavy atom. The molecular weight excluding hydrogens is 181 g/mol. The van der Waals surface area contributed by atoms with Crippen LogP contribution in [0.15, 0.2) is 6.07 Å². The molecule has 1 rings (SSSR count). The van der Waals surface area contributed by atoms with Gasteiger partial charge >= 0.3 is 15.2 Å². The van der Waals surface area contributed by atoms with Crippen LogP contribution in [0.2, 0.25) is 11.6 Å². The zero-order valence-corrected chi connectivity index (χ0v) is 10.2. The normalized spacial score (nSPS) is 9.27. The topological polar surface area (TPSA) is 25.8 Å². The van der Waals surface area contributed by atoms with Crippen molar-refractivity contribution in [3.63, 3.8) is 0 Å². The van der Waals surface area contributed by atoms with Crippen molar-refractivity contribution < 1.29 is 0 Å². The maximum Gasteiger partial charge on any atom is 0.312 e. The third-order valence-electron chi connectivity index (χ3n) is 1.34. The van der Waals surface area contributed by atoms with E-state index in [1.54, 1.807) is 0 Å². The van der Waals surface area contributed by atoms with Crippen LogP contribution in [0.1, 0.15) is 0 Å². The van der Waals surface area contributed by atoms with E-state index in [-0.39, 0.29) is 15.2 Å². The van der Waals surface area contributed by atoms with Gasteiger partial charge in [0.25, 0.3) is 15.2 Å². The Kier molecular flexibility index (Phi) is 4.12. The van der Waals surface area contributed by atoms with E-state index in [1.807, 2.05) is 0 Å². The third-order valence-corrected chi connectivity index (χ3v) is 3.29. The molecule has 0 N–H and O–H groups in total. The van der Waals surface area contributed by atoms with Crippen molar-refractivity contribution >= 4 is 60.5 Å². The lowest BCUT2D eigenvalue weighted by Gasteiger charge is -2.02. The molecule has 0 spiro atoms. The van der Waals surface area contributed by atoms with Gasteiger partial charge in [0.05, 0.1) is 0 Å². The minimum Gasteiger partial charge on any atom is -0.280 e. The van der Waals surface area contributed by atoms with Crippen molar-refractivity contribution in [3.8, 4) is 0 Å². The van der Waals surface area contributed by atoms with Gasteiger partial charge < -0.3 is 0 Å². The first-order valence-electron chi connectivity index (χ1n) is 3.49. The zero-order chi connectivity index (χ0) is 8.27. The highest BCUT2D eigenvalue weighted by molar-refractivity contribution is 6.54. The number of hydrogen-bond acceptors (Lipinski definition) is 2. The van der Waals surface area contributed by atoms with Gasteiger partial charge in [0, 0.05) is 4.69 Å². The molecule has 1 aromatic rings. The monoisotopic (exact) mass is 188 g/mol. The molecule has 0 amide bonds. The maximum atomic E-state index is 4.42. The lowest BCUT2D eigenvalue weighted by atomic mass is 10.7. The summed E-state index contributed by atoms with van der Waals surface area (Å²) in [7, 11) is 0. The summed E-state index contributed by atoms with van der Waals surface area (Å²) in [6.45, 7) is 0. The summed E-state index contributed by atoms with van der Waals surface area (Å²) in [6.07, 6.45) is 0. The van der Waals surface area contributed by atoms with E-state index in [0.29, 0.717) is 15.2 Å². The third kappa shape index (κ3) is 2.89. The van der Waals surface area contributed by atoms with Crippen LogP contribution in [0, 0.1) is 0 Å². The van der Waals surface area contributed by atoms with Crippen LogP contribution in [-0.2, 0) is 0 Å². The van der Waals surface area contributed by atoms with Crippen molar-refractivity contribution in [2.75, 3.05) is 0 Å². The molecule has 0 aromatic carbocycles. The summed E-state index contributed by atoms with van der Waals surface area (Å²) < 4.78 is 3.31. The average Bonchev–Trinajstić information content (AvgIpc) is 2.03. The number of aromatic nitrogens is 2. The first kappa shape index (κ1) is 9.76. The zero-order valence-electron chi connectivity index (χ0n) is 6.70. The van der Waals surface area contributed by atoms with E-state index >= 15 is 0 Å². The Hall–Kier alpha value is 0.677. The molecule has 1 heterocycles. The minimum absolute atomic E-state index is 0.260. The summed E-state index contributed by atoms with van der Waals surface area (Å²) in [6, 6.07) is 2.05. The molecule has 0 fully saturated rings. The average molecular weight is 188 g/mol. The molecule has 4 radical (unpaired) electrons. The summed E-state index contributed by atoms with van der Waals surface area (Å²) in [5.41, 5.74) is 0. The molecule has 0 saturated carbocycles. The Labute approximate surface area is 87.7 Å². The number of hydrogen-bond donors (Lipinski definition) is 0. The molecule has 5 heteroatoms. The summed E-state index contributed by atoms with van der Waals surface area (Å²) >= 11 is 3.22. The summed E-state index contributed by atoms with van der Waals surface area (Å²) in [4.78, 5) is 8.72. The molecule has 0 aliphatic rings. The van der Waals surface area contributed by atoms with E-state index < -0.39 is 0 Å². The first-order valence-corrected chi connectivity index (χ1v) is 7.53. The van der Waals surface area contributed by atoms with Gasteiger partial charge in [-0.15, -0.1) is 11.6 Å². The fraction of sp³-hybridized carbons (Fsp3) is 0.333. The van der Waals surface area contributed by atoms with Crippen LogP contribution in [0.3, 0.4) is 0 Å². The second-order valence-corrected chi connectivity index (χ2v) is 5.01.